The average Bonchev–Trinajstić information content (AvgIpc) is 2.40. The van der Waals surface area contributed by atoms with E-state index in [-0.39, 0.29) is 17.6 Å². The van der Waals surface area contributed by atoms with E-state index in [1.165, 1.54) is 0 Å². The molecule has 0 aliphatic rings. The second-order valence-electron chi connectivity index (χ2n) is 7.03. The molecule has 1 amide bonds. The Morgan fingerprint density at radius 2 is 1.96 bits per heavy atom. The topological polar surface area (TPSA) is 96.1 Å². The highest BCUT2D eigenvalue weighted by Crippen LogP contribution is 2.11. The smallest absolute Gasteiger partial charge is 0.407 e. The number of H-pyrrole nitrogens is 1. The first-order valence-corrected chi connectivity index (χ1v) is 8.33. The van der Waals surface area contributed by atoms with E-state index >= 15 is 0 Å². The molecule has 2 atom stereocenters. The zero-order chi connectivity index (χ0) is 18.5. The number of aromatic nitrogens is 2. The van der Waals surface area contributed by atoms with Crippen LogP contribution in [0, 0.1) is 13.8 Å². The summed E-state index contributed by atoms with van der Waals surface area (Å²) >= 11 is 0. The number of hydrogen-bond acceptors (Lipinski definition) is 5. The van der Waals surface area contributed by atoms with Crippen LogP contribution in [0.5, 0.6) is 0 Å². The Balaban J connectivity index is 2.66. The maximum atomic E-state index is 12.1. The van der Waals surface area contributed by atoms with Crippen molar-refractivity contribution in [3.63, 3.8) is 0 Å². The first kappa shape index (κ1) is 20.2. The SMILES string of the molecule is CCC(CNC(C)c1c(C)nc(C)[nH]c1=O)NC(=O)OC(C)(C)C. The molecule has 2 unspecified atom stereocenters. The minimum Gasteiger partial charge on any atom is -0.444 e. The van der Waals surface area contributed by atoms with Crippen molar-refractivity contribution in [3.8, 4) is 0 Å². The minimum absolute atomic E-state index is 0.0832. The largest absolute Gasteiger partial charge is 0.444 e. The fourth-order valence-corrected chi connectivity index (χ4v) is 2.44. The molecule has 136 valence electrons. The number of aryl methyl sites for hydroxylation is 2. The second-order valence-corrected chi connectivity index (χ2v) is 7.03. The first-order valence-electron chi connectivity index (χ1n) is 8.33. The summed E-state index contributed by atoms with van der Waals surface area (Å²) in [6.07, 6.45) is 0.315. The summed E-state index contributed by atoms with van der Waals surface area (Å²) < 4.78 is 5.27. The highest BCUT2D eigenvalue weighted by molar-refractivity contribution is 5.68. The average molecular weight is 338 g/mol. The molecule has 1 aromatic rings. The van der Waals surface area contributed by atoms with Crippen molar-refractivity contribution in [1.29, 1.82) is 0 Å². The Hall–Kier alpha value is -1.89. The summed E-state index contributed by atoms with van der Waals surface area (Å²) in [4.78, 5) is 31.0. The van der Waals surface area contributed by atoms with Gasteiger partial charge in [0.15, 0.2) is 0 Å². The van der Waals surface area contributed by atoms with Gasteiger partial charge < -0.3 is 20.4 Å². The van der Waals surface area contributed by atoms with Crippen LogP contribution >= 0.6 is 0 Å². The summed E-state index contributed by atoms with van der Waals surface area (Å²) in [5, 5.41) is 6.13. The Morgan fingerprint density at radius 3 is 2.46 bits per heavy atom. The summed E-state index contributed by atoms with van der Waals surface area (Å²) in [7, 11) is 0. The molecule has 0 saturated carbocycles. The number of nitrogens with one attached hydrogen (secondary N) is 3. The third-order valence-electron chi connectivity index (χ3n) is 3.58. The monoisotopic (exact) mass is 338 g/mol. The lowest BCUT2D eigenvalue weighted by Crippen LogP contribution is -2.44. The van der Waals surface area contributed by atoms with E-state index in [9.17, 15) is 9.59 Å². The highest BCUT2D eigenvalue weighted by Gasteiger charge is 2.20. The molecule has 1 rings (SSSR count). The molecule has 0 aliphatic heterocycles. The number of amides is 1. The molecule has 3 N–H and O–H groups in total. The second kappa shape index (κ2) is 8.28. The highest BCUT2D eigenvalue weighted by atomic mass is 16.6. The predicted octanol–water partition coefficient (Wildman–Crippen LogP) is 2.34. The van der Waals surface area contributed by atoms with Gasteiger partial charge in [0.2, 0.25) is 0 Å². The van der Waals surface area contributed by atoms with Crippen LogP contribution < -0.4 is 16.2 Å². The minimum atomic E-state index is -0.527. The molecule has 0 aliphatic carbocycles. The van der Waals surface area contributed by atoms with E-state index in [4.69, 9.17) is 4.74 Å². The maximum absolute atomic E-state index is 12.1. The third-order valence-corrected chi connectivity index (χ3v) is 3.58. The number of ether oxygens (including phenoxy) is 1. The van der Waals surface area contributed by atoms with Gasteiger partial charge in [-0.05, 0) is 48.0 Å². The zero-order valence-electron chi connectivity index (χ0n) is 15.7. The molecule has 0 saturated heterocycles. The van der Waals surface area contributed by atoms with Crippen molar-refractivity contribution >= 4 is 6.09 Å². The van der Waals surface area contributed by atoms with Crippen molar-refractivity contribution < 1.29 is 9.53 Å². The lowest BCUT2D eigenvalue weighted by Gasteiger charge is -2.24. The van der Waals surface area contributed by atoms with Crippen LogP contribution in [0.25, 0.3) is 0 Å². The zero-order valence-corrected chi connectivity index (χ0v) is 15.7. The van der Waals surface area contributed by atoms with Crippen molar-refractivity contribution in [2.24, 2.45) is 0 Å². The summed E-state index contributed by atoms with van der Waals surface area (Å²) in [5.41, 5.74) is 0.673. The van der Waals surface area contributed by atoms with Crippen molar-refractivity contribution in [1.82, 2.24) is 20.6 Å². The molecule has 0 aromatic carbocycles. The summed E-state index contributed by atoms with van der Waals surface area (Å²) in [5.74, 6) is 0.603. The van der Waals surface area contributed by atoms with Gasteiger partial charge in [0.1, 0.15) is 11.4 Å². The van der Waals surface area contributed by atoms with Gasteiger partial charge >= 0.3 is 6.09 Å². The van der Waals surface area contributed by atoms with Crippen LogP contribution in [0.2, 0.25) is 0 Å². The number of rotatable bonds is 6. The molecule has 1 aromatic heterocycles. The molecule has 7 heteroatoms. The van der Waals surface area contributed by atoms with Crippen molar-refractivity contribution in [3.05, 3.63) is 27.4 Å². The quantitative estimate of drug-likeness (QED) is 0.740. The molecular weight excluding hydrogens is 308 g/mol. The van der Waals surface area contributed by atoms with Gasteiger partial charge in [-0.2, -0.15) is 0 Å². The number of alkyl carbamates (subject to hydrolysis) is 1. The van der Waals surface area contributed by atoms with Crippen LogP contribution in [0.15, 0.2) is 4.79 Å². The van der Waals surface area contributed by atoms with Gasteiger partial charge in [0.25, 0.3) is 5.56 Å². The number of carbonyl (C=O) groups is 1. The van der Waals surface area contributed by atoms with Crippen LogP contribution in [0.3, 0.4) is 0 Å². The third kappa shape index (κ3) is 6.31. The van der Waals surface area contributed by atoms with Gasteiger partial charge in [-0.1, -0.05) is 6.92 Å². The van der Waals surface area contributed by atoms with Crippen LogP contribution in [-0.4, -0.2) is 34.2 Å². The molecule has 7 nitrogen and oxygen atoms in total. The molecule has 0 fully saturated rings. The number of carbonyl (C=O) groups excluding carboxylic acids is 1. The predicted molar refractivity (Wildman–Crippen MR) is 94.2 cm³/mol. The van der Waals surface area contributed by atoms with E-state index in [1.807, 2.05) is 41.5 Å². The fraction of sp³-hybridized carbons (Fsp3) is 0.706. The Bertz CT molecular complexity index is 619. The Kier molecular flexibility index (Phi) is 6.95. The summed E-state index contributed by atoms with van der Waals surface area (Å²) in [6.45, 7) is 13.5. The molecule has 1 heterocycles. The van der Waals surface area contributed by atoms with Crippen LogP contribution in [0.4, 0.5) is 4.79 Å². The lowest BCUT2D eigenvalue weighted by atomic mass is 10.1. The number of aromatic amines is 1. The normalized spacial score (nSPS) is 14.1. The lowest BCUT2D eigenvalue weighted by molar-refractivity contribution is 0.0502. The Morgan fingerprint density at radius 1 is 1.33 bits per heavy atom. The molecule has 0 bridgehead atoms. The first-order chi connectivity index (χ1) is 11.0. The van der Waals surface area contributed by atoms with E-state index in [0.29, 0.717) is 23.6 Å². The molecular formula is C17H30N4O3. The van der Waals surface area contributed by atoms with Gasteiger partial charge in [0, 0.05) is 24.3 Å². The van der Waals surface area contributed by atoms with Gasteiger partial charge in [-0.15, -0.1) is 0 Å². The van der Waals surface area contributed by atoms with Crippen LogP contribution in [0.1, 0.15) is 64.2 Å². The standard InChI is InChI=1S/C17H30N4O3/c1-8-13(21-16(23)24-17(5,6)7)9-18-10(2)14-11(3)19-12(4)20-15(14)22/h10,13,18H,8-9H2,1-7H3,(H,21,23)(H,19,20,22). The van der Waals surface area contributed by atoms with Gasteiger partial charge in [-0.25, -0.2) is 9.78 Å². The van der Waals surface area contributed by atoms with E-state index < -0.39 is 11.7 Å². The maximum Gasteiger partial charge on any atom is 0.407 e. The fourth-order valence-electron chi connectivity index (χ4n) is 2.44. The van der Waals surface area contributed by atoms with Crippen molar-refractivity contribution in [2.75, 3.05) is 6.54 Å². The Labute approximate surface area is 143 Å². The van der Waals surface area contributed by atoms with Crippen LogP contribution in [-0.2, 0) is 4.74 Å². The number of nitrogens with zero attached hydrogens (tertiary/aromatic N) is 1. The summed E-state index contributed by atoms with van der Waals surface area (Å²) in [6, 6.07) is -0.253. The van der Waals surface area contributed by atoms with Gasteiger partial charge in [-0.3, -0.25) is 4.79 Å². The molecule has 0 spiro atoms. The van der Waals surface area contributed by atoms with E-state index in [2.05, 4.69) is 20.6 Å². The number of hydrogen-bond donors (Lipinski definition) is 3. The van der Waals surface area contributed by atoms with E-state index in [1.54, 1.807) is 6.92 Å². The molecule has 0 radical (unpaired) electrons. The molecule has 24 heavy (non-hydrogen) atoms. The van der Waals surface area contributed by atoms with E-state index in [0.717, 1.165) is 6.42 Å². The van der Waals surface area contributed by atoms with Gasteiger partial charge in [0.05, 0.1) is 5.56 Å². The van der Waals surface area contributed by atoms with Crippen molar-refractivity contribution in [2.45, 2.75) is 72.6 Å².